The number of carbonyl (C=O) groups excluding carboxylic acids is 1. The number of aliphatic hydroxyl groups excluding tert-OH is 1. The molecule has 3 N–H and O–H groups in total. The minimum absolute atomic E-state index is 0.245. The molecule has 0 amide bonds. The van der Waals surface area contributed by atoms with E-state index in [0.29, 0.717) is 0 Å². The Hall–Kier alpha value is -1.55. The van der Waals surface area contributed by atoms with Crippen LogP contribution in [-0.4, -0.2) is 24.3 Å². The largest absolute Gasteiger partial charge is 0.467 e. The maximum Gasteiger partial charge on any atom is 0.335 e. The van der Waals surface area contributed by atoms with Crippen molar-refractivity contribution in [1.82, 2.24) is 0 Å². The van der Waals surface area contributed by atoms with Crippen molar-refractivity contribution in [2.24, 2.45) is 0 Å². The number of anilines is 1. The second-order valence-corrected chi connectivity index (χ2v) is 3.89. The quantitative estimate of drug-likeness (QED) is 0.591. The van der Waals surface area contributed by atoms with Crippen LogP contribution in [0.2, 0.25) is 0 Å². The molecular formula is C12H17NO3. The molecule has 0 saturated carbocycles. The van der Waals surface area contributed by atoms with Crippen molar-refractivity contribution in [1.29, 1.82) is 0 Å². The second kappa shape index (κ2) is 4.99. The number of methoxy groups -OCH3 is 1. The van der Waals surface area contributed by atoms with Gasteiger partial charge in [-0.2, -0.15) is 0 Å². The van der Waals surface area contributed by atoms with Crippen molar-refractivity contribution < 1.29 is 14.6 Å². The zero-order valence-electron chi connectivity index (χ0n) is 9.78. The molecule has 1 aromatic rings. The van der Waals surface area contributed by atoms with Crippen LogP contribution >= 0.6 is 0 Å². The Morgan fingerprint density at radius 3 is 2.38 bits per heavy atom. The Morgan fingerprint density at radius 1 is 1.44 bits per heavy atom. The summed E-state index contributed by atoms with van der Waals surface area (Å²) in [5.74, 6) is -0.618. The standard InChI is InChI=1S/C12H17NO3/c1-7-4-9(5-8(2)11(7)13)6-10(14)12(15)16-3/h4-5,10,14H,6,13H2,1-3H3. The third kappa shape index (κ3) is 2.73. The molecule has 0 aliphatic heterocycles. The number of aliphatic hydroxyl groups is 1. The Labute approximate surface area is 95.0 Å². The van der Waals surface area contributed by atoms with E-state index in [2.05, 4.69) is 4.74 Å². The molecule has 0 aromatic heterocycles. The zero-order chi connectivity index (χ0) is 12.3. The number of rotatable bonds is 3. The van der Waals surface area contributed by atoms with E-state index in [9.17, 15) is 9.90 Å². The molecule has 16 heavy (non-hydrogen) atoms. The van der Waals surface area contributed by atoms with Crippen LogP contribution in [0.5, 0.6) is 0 Å². The SMILES string of the molecule is COC(=O)C(O)Cc1cc(C)c(N)c(C)c1. The number of nitrogens with two attached hydrogens (primary N) is 1. The summed E-state index contributed by atoms with van der Waals surface area (Å²) in [6.45, 7) is 3.80. The summed E-state index contributed by atoms with van der Waals surface area (Å²) in [5, 5.41) is 9.52. The summed E-state index contributed by atoms with van der Waals surface area (Å²) < 4.78 is 4.45. The van der Waals surface area contributed by atoms with E-state index < -0.39 is 12.1 Å². The highest BCUT2D eigenvalue weighted by Gasteiger charge is 2.16. The van der Waals surface area contributed by atoms with Crippen molar-refractivity contribution in [2.75, 3.05) is 12.8 Å². The zero-order valence-corrected chi connectivity index (χ0v) is 9.78. The van der Waals surface area contributed by atoms with Crippen molar-refractivity contribution in [3.05, 3.63) is 28.8 Å². The minimum Gasteiger partial charge on any atom is -0.467 e. The molecule has 0 heterocycles. The third-order valence-electron chi connectivity index (χ3n) is 2.56. The Morgan fingerprint density at radius 2 is 1.94 bits per heavy atom. The Balaban J connectivity index is 2.86. The van der Waals surface area contributed by atoms with Crippen molar-refractivity contribution in [3.8, 4) is 0 Å². The Kier molecular flexibility index (Phi) is 3.90. The van der Waals surface area contributed by atoms with Gasteiger partial charge >= 0.3 is 5.97 Å². The molecule has 0 bridgehead atoms. The summed E-state index contributed by atoms with van der Waals surface area (Å²) in [5.41, 5.74) is 9.34. The average Bonchev–Trinajstić information content (AvgIpc) is 2.24. The van der Waals surface area contributed by atoms with Gasteiger partial charge in [-0.3, -0.25) is 0 Å². The number of nitrogen functional groups attached to an aromatic ring is 1. The van der Waals surface area contributed by atoms with Crippen LogP contribution in [0.15, 0.2) is 12.1 Å². The molecule has 1 atom stereocenters. The van der Waals surface area contributed by atoms with Crippen LogP contribution in [0.25, 0.3) is 0 Å². The smallest absolute Gasteiger partial charge is 0.335 e. The summed E-state index contributed by atoms with van der Waals surface area (Å²) >= 11 is 0. The highest BCUT2D eigenvalue weighted by molar-refractivity contribution is 5.74. The van der Waals surface area contributed by atoms with E-state index in [1.165, 1.54) is 7.11 Å². The van der Waals surface area contributed by atoms with Gasteiger partial charge in [-0.1, -0.05) is 12.1 Å². The monoisotopic (exact) mass is 223 g/mol. The summed E-state index contributed by atoms with van der Waals surface area (Å²) in [6.07, 6.45) is -0.873. The first kappa shape index (κ1) is 12.5. The first-order valence-electron chi connectivity index (χ1n) is 5.07. The van der Waals surface area contributed by atoms with Crippen LogP contribution in [0.4, 0.5) is 5.69 Å². The summed E-state index contributed by atoms with van der Waals surface area (Å²) in [7, 11) is 1.25. The number of aryl methyl sites for hydroxylation is 2. The lowest BCUT2D eigenvalue weighted by Crippen LogP contribution is -2.24. The van der Waals surface area contributed by atoms with Crippen LogP contribution in [0, 0.1) is 13.8 Å². The van der Waals surface area contributed by atoms with Crippen molar-refractivity contribution in [3.63, 3.8) is 0 Å². The number of hydrogen-bond acceptors (Lipinski definition) is 4. The number of carbonyl (C=O) groups is 1. The molecule has 0 radical (unpaired) electrons. The maximum atomic E-state index is 11.1. The van der Waals surface area contributed by atoms with Gasteiger partial charge in [-0.15, -0.1) is 0 Å². The molecule has 0 aliphatic carbocycles. The average molecular weight is 223 g/mol. The first-order valence-corrected chi connectivity index (χ1v) is 5.07. The highest BCUT2D eigenvalue weighted by Crippen LogP contribution is 2.19. The first-order chi connectivity index (χ1) is 7.45. The van der Waals surface area contributed by atoms with Crippen molar-refractivity contribution >= 4 is 11.7 Å². The number of benzene rings is 1. The fraction of sp³-hybridized carbons (Fsp3) is 0.417. The van der Waals surface area contributed by atoms with E-state index in [0.717, 1.165) is 22.4 Å². The second-order valence-electron chi connectivity index (χ2n) is 3.89. The van der Waals surface area contributed by atoms with Gasteiger partial charge in [0.05, 0.1) is 7.11 Å². The van der Waals surface area contributed by atoms with Crippen LogP contribution in [-0.2, 0) is 16.0 Å². The molecular weight excluding hydrogens is 206 g/mol. The van der Waals surface area contributed by atoms with Gasteiger partial charge in [0.15, 0.2) is 6.10 Å². The van der Waals surface area contributed by atoms with Gasteiger partial charge in [0, 0.05) is 12.1 Å². The normalized spacial score (nSPS) is 12.2. The molecule has 88 valence electrons. The minimum atomic E-state index is -1.12. The molecule has 0 saturated heterocycles. The molecule has 0 spiro atoms. The molecule has 4 nitrogen and oxygen atoms in total. The van der Waals surface area contributed by atoms with E-state index in [-0.39, 0.29) is 6.42 Å². The van der Waals surface area contributed by atoms with Crippen LogP contribution in [0.3, 0.4) is 0 Å². The summed E-state index contributed by atoms with van der Waals surface area (Å²) in [6, 6.07) is 3.74. The Bertz CT molecular complexity index is 378. The van der Waals surface area contributed by atoms with Gasteiger partial charge in [-0.05, 0) is 30.5 Å². The fourth-order valence-corrected chi connectivity index (χ4v) is 1.62. The van der Waals surface area contributed by atoms with Crippen LogP contribution < -0.4 is 5.73 Å². The molecule has 0 fully saturated rings. The highest BCUT2D eigenvalue weighted by atomic mass is 16.5. The van der Waals surface area contributed by atoms with Gasteiger partial charge in [-0.25, -0.2) is 4.79 Å². The lowest BCUT2D eigenvalue weighted by Gasteiger charge is -2.11. The maximum absolute atomic E-state index is 11.1. The predicted octanol–water partition coefficient (Wildman–Crippen LogP) is 0.962. The van der Waals surface area contributed by atoms with E-state index >= 15 is 0 Å². The summed E-state index contributed by atoms with van der Waals surface area (Å²) in [4.78, 5) is 11.1. The molecule has 4 heteroatoms. The van der Waals surface area contributed by atoms with Crippen molar-refractivity contribution in [2.45, 2.75) is 26.4 Å². The van der Waals surface area contributed by atoms with Crippen LogP contribution in [0.1, 0.15) is 16.7 Å². The van der Waals surface area contributed by atoms with Gasteiger partial charge in [0.1, 0.15) is 0 Å². The van der Waals surface area contributed by atoms with E-state index in [4.69, 9.17) is 5.73 Å². The van der Waals surface area contributed by atoms with E-state index in [1.807, 2.05) is 26.0 Å². The molecule has 1 unspecified atom stereocenters. The molecule has 1 rings (SSSR count). The number of esters is 1. The molecule has 1 aromatic carbocycles. The van der Waals surface area contributed by atoms with Gasteiger partial charge < -0.3 is 15.6 Å². The topological polar surface area (TPSA) is 72.5 Å². The van der Waals surface area contributed by atoms with Gasteiger partial charge in [0.2, 0.25) is 0 Å². The lowest BCUT2D eigenvalue weighted by molar-refractivity contribution is -0.150. The fourth-order valence-electron chi connectivity index (χ4n) is 1.62. The van der Waals surface area contributed by atoms with E-state index in [1.54, 1.807) is 0 Å². The number of hydrogen-bond donors (Lipinski definition) is 2. The number of ether oxygens (including phenoxy) is 1. The molecule has 0 aliphatic rings. The predicted molar refractivity (Wildman–Crippen MR) is 62.1 cm³/mol. The van der Waals surface area contributed by atoms with Gasteiger partial charge in [0.25, 0.3) is 0 Å². The lowest BCUT2D eigenvalue weighted by atomic mass is 10.0. The third-order valence-corrected chi connectivity index (χ3v) is 2.56.